The van der Waals surface area contributed by atoms with Crippen molar-refractivity contribution in [1.82, 2.24) is 0 Å². The zero-order valence-corrected chi connectivity index (χ0v) is 14.3. The maximum atomic E-state index is 14.4. The van der Waals surface area contributed by atoms with Gasteiger partial charge < -0.3 is 4.74 Å². The lowest BCUT2D eigenvalue weighted by atomic mass is 9.89. The average molecular weight is 344 g/mol. The molecule has 1 aliphatic carbocycles. The topological polar surface area (TPSA) is 26.3 Å². The largest absolute Gasteiger partial charge is 0.497 e. The van der Waals surface area contributed by atoms with Gasteiger partial charge in [-0.2, -0.15) is 0 Å². The summed E-state index contributed by atoms with van der Waals surface area (Å²) >= 11 is 0. The van der Waals surface area contributed by atoms with Crippen LogP contribution >= 0.6 is 0 Å². The molecule has 0 heterocycles. The Morgan fingerprint density at radius 2 is 1.65 bits per heavy atom. The monoisotopic (exact) mass is 344 g/mol. The number of Topliss-reactive ketones (excluding diaryl/α,β-unsaturated/α-hetero) is 1. The summed E-state index contributed by atoms with van der Waals surface area (Å²) in [6.07, 6.45) is 1.85. The molecule has 0 radical (unpaired) electrons. The Balaban J connectivity index is 1.88. The van der Waals surface area contributed by atoms with Crippen LogP contribution in [0.15, 0.2) is 78.4 Å². The molecule has 0 saturated heterocycles. The summed E-state index contributed by atoms with van der Waals surface area (Å²) < 4.78 is 19.6. The van der Waals surface area contributed by atoms with E-state index in [1.807, 2.05) is 66.7 Å². The second-order valence-electron chi connectivity index (χ2n) is 6.25. The van der Waals surface area contributed by atoms with Crippen molar-refractivity contribution < 1.29 is 13.9 Å². The van der Waals surface area contributed by atoms with Crippen molar-refractivity contribution in [2.24, 2.45) is 0 Å². The fourth-order valence-electron chi connectivity index (χ4n) is 3.50. The van der Waals surface area contributed by atoms with Crippen LogP contribution in [0.1, 0.15) is 33.0 Å². The second-order valence-corrected chi connectivity index (χ2v) is 6.25. The third-order valence-electron chi connectivity index (χ3n) is 4.73. The zero-order valence-electron chi connectivity index (χ0n) is 14.3. The fourth-order valence-corrected chi connectivity index (χ4v) is 3.50. The van der Waals surface area contributed by atoms with E-state index in [0.29, 0.717) is 5.57 Å². The van der Waals surface area contributed by atoms with E-state index in [9.17, 15) is 9.18 Å². The summed E-state index contributed by atoms with van der Waals surface area (Å²) in [6, 6.07) is 22.0. The van der Waals surface area contributed by atoms with E-state index in [1.165, 1.54) is 6.07 Å². The molecule has 3 aromatic rings. The number of hydrogen-bond acceptors (Lipinski definition) is 2. The van der Waals surface area contributed by atoms with Crippen LogP contribution in [-0.2, 0) is 0 Å². The van der Waals surface area contributed by atoms with Gasteiger partial charge in [0.1, 0.15) is 11.6 Å². The molecule has 0 aliphatic heterocycles. The highest BCUT2D eigenvalue weighted by Crippen LogP contribution is 2.43. The van der Waals surface area contributed by atoms with Gasteiger partial charge in [0.25, 0.3) is 0 Å². The molecule has 3 heteroatoms. The van der Waals surface area contributed by atoms with Crippen LogP contribution in [0.5, 0.6) is 5.75 Å². The summed E-state index contributed by atoms with van der Waals surface area (Å²) in [5.41, 5.74) is 3.34. The molecule has 0 saturated carbocycles. The predicted molar refractivity (Wildman–Crippen MR) is 100.0 cm³/mol. The highest BCUT2D eigenvalue weighted by molar-refractivity contribution is 6.17. The molecule has 0 N–H and O–H groups in total. The van der Waals surface area contributed by atoms with Gasteiger partial charge >= 0.3 is 0 Å². The summed E-state index contributed by atoms with van der Waals surface area (Å²) in [7, 11) is 1.61. The van der Waals surface area contributed by atoms with Gasteiger partial charge in [0, 0.05) is 11.5 Å². The number of rotatable bonds is 3. The van der Waals surface area contributed by atoms with Crippen molar-refractivity contribution >= 4 is 11.9 Å². The first-order valence-electron chi connectivity index (χ1n) is 8.42. The van der Waals surface area contributed by atoms with Gasteiger partial charge in [0.15, 0.2) is 5.78 Å². The summed E-state index contributed by atoms with van der Waals surface area (Å²) in [6.45, 7) is 0. The Labute approximate surface area is 151 Å². The Morgan fingerprint density at radius 1 is 0.923 bits per heavy atom. The van der Waals surface area contributed by atoms with Crippen molar-refractivity contribution in [2.75, 3.05) is 7.11 Å². The smallest absolute Gasteiger partial charge is 0.193 e. The fraction of sp³-hybridized carbons (Fsp3) is 0.0870. The van der Waals surface area contributed by atoms with Crippen molar-refractivity contribution in [3.05, 3.63) is 106 Å². The average Bonchev–Trinajstić information content (AvgIpc) is 2.96. The van der Waals surface area contributed by atoms with E-state index < -0.39 is 5.82 Å². The minimum Gasteiger partial charge on any atom is -0.497 e. The number of hydrogen-bond donors (Lipinski definition) is 0. The quantitative estimate of drug-likeness (QED) is 0.607. The molecule has 1 atom stereocenters. The highest BCUT2D eigenvalue weighted by atomic mass is 19.1. The van der Waals surface area contributed by atoms with Crippen LogP contribution in [0.4, 0.5) is 4.39 Å². The molecule has 3 aromatic carbocycles. The van der Waals surface area contributed by atoms with E-state index in [-0.39, 0.29) is 17.3 Å². The number of carbonyl (C=O) groups is 1. The van der Waals surface area contributed by atoms with E-state index in [0.717, 1.165) is 22.4 Å². The molecular weight excluding hydrogens is 327 g/mol. The van der Waals surface area contributed by atoms with Crippen molar-refractivity contribution in [3.8, 4) is 5.75 Å². The zero-order chi connectivity index (χ0) is 18.1. The van der Waals surface area contributed by atoms with Crippen molar-refractivity contribution in [2.45, 2.75) is 5.92 Å². The molecule has 0 spiro atoms. The van der Waals surface area contributed by atoms with Crippen molar-refractivity contribution in [1.29, 1.82) is 0 Å². The molecule has 1 aliphatic rings. The van der Waals surface area contributed by atoms with E-state index in [1.54, 1.807) is 13.2 Å². The SMILES string of the molecule is COc1ccc(C=C2C(=O)c3c(F)cccc3C2c2ccccc2)cc1. The van der Waals surface area contributed by atoms with Crippen LogP contribution in [0.3, 0.4) is 0 Å². The Kier molecular flexibility index (Phi) is 4.13. The minimum absolute atomic E-state index is 0.182. The summed E-state index contributed by atoms with van der Waals surface area (Å²) in [4.78, 5) is 13.0. The standard InChI is InChI=1S/C23H17FO2/c1-26-17-12-10-15(11-13-17)14-19-21(16-6-3-2-4-7-16)18-8-5-9-20(24)22(18)23(19)25/h2-14,21H,1H3. The number of ketones is 1. The first kappa shape index (κ1) is 16.3. The summed E-state index contributed by atoms with van der Waals surface area (Å²) in [5, 5.41) is 0. The van der Waals surface area contributed by atoms with E-state index >= 15 is 0 Å². The van der Waals surface area contributed by atoms with Crippen molar-refractivity contribution in [3.63, 3.8) is 0 Å². The van der Waals surface area contributed by atoms with E-state index in [2.05, 4.69) is 0 Å². The van der Waals surface area contributed by atoms with Gasteiger partial charge in [-0.1, -0.05) is 54.6 Å². The van der Waals surface area contributed by atoms with Crippen LogP contribution in [0.25, 0.3) is 6.08 Å². The Morgan fingerprint density at radius 3 is 2.35 bits per heavy atom. The lowest BCUT2D eigenvalue weighted by Gasteiger charge is -2.14. The number of allylic oxidation sites excluding steroid dienone is 1. The third-order valence-corrected chi connectivity index (χ3v) is 4.73. The van der Waals surface area contributed by atoms with E-state index in [4.69, 9.17) is 4.74 Å². The first-order chi connectivity index (χ1) is 12.7. The molecule has 0 bridgehead atoms. The molecular formula is C23H17FO2. The van der Waals surface area contributed by atoms with Crippen LogP contribution in [0, 0.1) is 5.82 Å². The number of benzene rings is 3. The van der Waals surface area contributed by atoms with Crippen LogP contribution < -0.4 is 4.74 Å². The maximum Gasteiger partial charge on any atom is 0.193 e. The molecule has 1 unspecified atom stereocenters. The number of methoxy groups -OCH3 is 1. The molecule has 26 heavy (non-hydrogen) atoms. The number of ether oxygens (including phenoxy) is 1. The number of halogens is 1. The minimum atomic E-state index is -0.466. The lowest BCUT2D eigenvalue weighted by molar-refractivity contribution is 0.103. The van der Waals surface area contributed by atoms with Crippen LogP contribution in [0.2, 0.25) is 0 Å². The van der Waals surface area contributed by atoms with Gasteiger partial charge in [0.2, 0.25) is 0 Å². The van der Waals surface area contributed by atoms with Gasteiger partial charge in [-0.05, 0) is 41.0 Å². The molecule has 2 nitrogen and oxygen atoms in total. The second kappa shape index (κ2) is 6.60. The molecule has 0 amide bonds. The Bertz CT molecular complexity index is 988. The molecule has 0 fully saturated rings. The van der Waals surface area contributed by atoms with Gasteiger partial charge in [-0.15, -0.1) is 0 Å². The lowest BCUT2D eigenvalue weighted by Crippen LogP contribution is -2.02. The summed E-state index contributed by atoms with van der Waals surface area (Å²) in [5.74, 6) is -0.232. The number of fused-ring (bicyclic) bond motifs is 1. The van der Waals surface area contributed by atoms with Gasteiger partial charge in [-0.3, -0.25) is 4.79 Å². The van der Waals surface area contributed by atoms with Crippen LogP contribution in [-0.4, -0.2) is 12.9 Å². The Hall–Kier alpha value is -3.20. The highest BCUT2D eigenvalue weighted by Gasteiger charge is 2.37. The predicted octanol–water partition coefficient (Wildman–Crippen LogP) is 5.25. The molecule has 0 aromatic heterocycles. The van der Waals surface area contributed by atoms with Gasteiger partial charge in [-0.25, -0.2) is 4.39 Å². The van der Waals surface area contributed by atoms with Gasteiger partial charge in [0.05, 0.1) is 12.7 Å². The normalized spacial score (nSPS) is 17.4. The molecule has 4 rings (SSSR count). The molecule has 128 valence electrons. The maximum absolute atomic E-state index is 14.4. The third kappa shape index (κ3) is 2.72. The first-order valence-corrected chi connectivity index (χ1v) is 8.42. The number of carbonyl (C=O) groups excluding carboxylic acids is 1.